The Morgan fingerprint density at radius 2 is 1.95 bits per heavy atom. The lowest BCUT2D eigenvalue weighted by Crippen LogP contribution is -1.99. The molecule has 5 heteroatoms. The number of H-pyrrole nitrogens is 1. The number of rotatable bonds is 4. The van der Waals surface area contributed by atoms with Crippen LogP contribution in [0.25, 0.3) is 11.3 Å². The second-order valence-corrected chi connectivity index (χ2v) is 4.36. The molecule has 2 rings (SSSR count). The first-order chi connectivity index (χ1) is 9.12. The molecule has 0 bridgehead atoms. The summed E-state index contributed by atoms with van der Waals surface area (Å²) in [5.74, 6) is 2.40. The van der Waals surface area contributed by atoms with Crippen LogP contribution in [-0.4, -0.2) is 24.2 Å². The van der Waals surface area contributed by atoms with Crippen molar-refractivity contribution in [2.24, 2.45) is 5.73 Å². The average molecular weight is 261 g/mol. The quantitative estimate of drug-likeness (QED) is 0.884. The molecule has 0 spiro atoms. The third-order valence-electron chi connectivity index (χ3n) is 3.33. The Balaban J connectivity index is 2.64. The number of nitrogens with two attached hydrogens (primary N) is 1. The molecular formula is C14H19N3O2. The van der Waals surface area contributed by atoms with Gasteiger partial charge >= 0.3 is 0 Å². The van der Waals surface area contributed by atoms with E-state index in [9.17, 15) is 0 Å². The molecule has 1 aromatic carbocycles. The van der Waals surface area contributed by atoms with E-state index in [1.54, 1.807) is 20.4 Å². The van der Waals surface area contributed by atoms with Gasteiger partial charge in [0.05, 0.1) is 32.7 Å². The van der Waals surface area contributed by atoms with Crippen molar-refractivity contribution in [1.82, 2.24) is 9.97 Å². The summed E-state index contributed by atoms with van der Waals surface area (Å²) in [6.45, 7) is 4.41. The number of aromatic amines is 1. The van der Waals surface area contributed by atoms with E-state index in [1.165, 1.54) is 0 Å². The summed E-state index contributed by atoms with van der Waals surface area (Å²) in [7, 11) is 3.33. The Bertz CT molecular complexity index is 591. The fourth-order valence-corrected chi connectivity index (χ4v) is 2.14. The van der Waals surface area contributed by atoms with Gasteiger partial charge in [0.15, 0.2) is 0 Å². The molecule has 0 amide bonds. The number of nitrogens with one attached hydrogen (secondary N) is 1. The minimum absolute atomic E-state index is 0.379. The normalized spacial score (nSPS) is 10.6. The minimum Gasteiger partial charge on any atom is -0.496 e. The fraction of sp³-hybridized carbons (Fsp3) is 0.357. The van der Waals surface area contributed by atoms with Crippen LogP contribution in [0.2, 0.25) is 0 Å². The zero-order chi connectivity index (χ0) is 14.0. The highest BCUT2D eigenvalue weighted by Gasteiger charge is 2.16. The van der Waals surface area contributed by atoms with Crippen LogP contribution < -0.4 is 15.2 Å². The van der Waals surface area contributed by atoms with E-state index >= 15 is 0 Å². The molecule has 0 saturated heterocycles. The monoisotopic (exact) mass is 261 g/mol. The highest BCUT2D eigenvalue weighted by Crippen LogP contribution is 2.38. The zero-order valence-electron chi connectivity index (χ0n) is 11.7. The maximum Gasteiger partial charge on any atom is 0.131 e. The molecule has 19 heavy (non-hydrogen) atoms. The number of ether oxygens (including phenoxy) is 2. The number of hydrogen-bond acceptors (Lipinski definition) is 4. The summed E-state index contributed by atoms with van der Waals surface area (Å²) in [4.78, 5) is 7.40. The molecule has 0 radical (unpaired) electrons. The summed E-state index contributed by atoms with van der Waals surface area (Å²) in [5, 5.41) is 0. The predicted molar refractivity (Wildman–Crippen MR) is 74.5 cm³/mol. The van der Waals surface area contributed by atoms with Crippen LogP contribution in [0.1, 0.15) is 17.0 Å². The number of nitrogens with zero attached hydrogens (tertiary/aromatic N) is 1. The van der Waals surface area contributed by atoms with Crippen LogP contribution >= 0.6 is 0 Å². The van der Waals surface area contributed by atoms with Crippen molar-refractivity contribution < 1.29 is 9.47 Å². The summed E-state index contributed by atoms with van der Waals surface area (Å²) < 4.78 is 10.9. The topological polar surface area (TPSA) is 73.2 Å². The fourth-order valence-electron chi connectivity index (χ4n) is 2.14. The van der Waals surface area contributed by atoms with E-state index in [4.69, 9.17) is 15.2 Å². The number of benzene rings is 1. The second kappa shape index (κ2) is 5.32. The van der Waals surface area contributed by atoms with E-state index in [2.05, 4.69) is 9.97 Å². The molecule has 0 atom stereocenters. The molecule has 0 unspecified atom stereocenters. The van der Waals surface area contributed by atoms with Gasteiger partial charge in [0.1, 0.15) is 17.3 Å². The van der Waals surface area contributed by atoms with Crippen LogP contribution in [0.5, 0.6) is 11.5 Å². The van der Waals surface area contributed by atoms with Crippen LogP contribution in [0.4, 0.5) is 0 Å². The third-order valence-corrected chi connectivity index (χ3v) is 3.33. The zero-order valence-corrected chi connectivity index (χ0v) is 11.7. The largest absolute Gasteiger partial charge is 0.496 e. The average Bonchev–Trinajstić information content (AvgIpc) is 2.90. The summed E-state index contributed by atoms with van der Waals surface area (Å²) >= 11 is 0. The molecule has 0 saturated carbocycles. The molecule has 2 aromatic rings. The molecule has 1 heterocycles. The first-order valence-corrected chi connectivity index (χ1v) is 6.08. The second-order valence-electron chi connectivity index (χ2n) is 4.36. The van der Waals surface area contributed by atoms with E-state index in [1.807, 2.05) is 19.9 Å². The van der Waals surface area contributed by atoms with Crippen molar-refractivity contribution in [2.75, 3.05) is 14.2 Å². The third kappa shape index (κ3) is 2.29. The van der Waals surface area contributed by atoms with Gasteiger partial charge in [-0.15, -0.1) is 0 Å². The summed E-state index contributed by atoms with van der Waals surface area (Å²) in [6.07, 6.45) is 1.76. The van der Waals surface area contributed by atoms with Gasteiger partial charge in [-0.25, -0.2) is 4.98 Å². The van der Waals surface area contributed by atoms with Gasteiger partial charge in [-0.05, 0) is 31.0 Å². The molecule has 3 N–H and O–H groups in total. The van der Waals surface area contributed by atoms with Crippen LogP contribution in [0, 0.1) is 13.8 Å². The van der Waals surface area contributed by atoms with Gasteiger partial charge in [-0.3, -0.25) is 0 Å². The Labute approximate surface area is 112 Å². The lowest BCUT2D eigenvalue weighted by molar-refractivity contribution is 0.399. The van der Waals surface area contributed by atoms with Crippen molar-refractivity contribution in [3.63, 3.8) is 0 Å². The number of aromatic nitrogens is 2. The lowest BCUT2D eigenvalue weighted by Gasteiger charge is -2.16. The van der Waals surface area contributed by atoms with Crippen molar-refractivity contribution in [3.8, 4) is 22.8 Å². The lowest BCUT2D eigenvalue weighted by atomic mass is 10.0. The number of hydrogen-bond donors (Lipinski definition) is 2. The Kier molecular flexibility index (Phi) is 3.76. The molecule has 0 fully saturated rings. The van der Waals surface area contributed by atoms with Crippen LogP contribution in [-0.2, 0) is 6.54 Å². The molecule has 5 nitrogen and oxygen atoms in total. The first kappa shape index (κ1) is 13.4. The first-order valence-electron chi connectivity index (χ1n) is 6.08. The Hall–Kier alpha value is -2.01. The van der Waals surface area contributed by atoms with Crippen LogP contribution in [0.3, 0.4) is 0 Å². The van der Waals surface area contributed by atoms with Gasteiger partial charge in [-0.2, -0.15) is 0 Å². The standard InChI is InChI=1S/C14H19N3O2/c1-8-9(2)14(19-4)10(5-12(8)18-3)11-7-16-13(6-15)17-11/h5,7H,6,15H2,1-4H3,(H,16,17). The molecule has 0 aliphatic heterocycles. The van der Waals surface area contributed by atoms with Crippen LogP contribution in [0.15, 0.2) is 12.3 Å². The Morgan fingerprint density at radius 3 is 2.47 bits per heavy atom. The Morgan fingerprint density at radius 1 is 1.21 bits per heavy atom. The van der Waals surface area contributed by atoms with Gasteiger partial charge in [0.2, 0.25) is 0 Å². The molecule has 102 valence electrons. The van der Waals surface area contributed by atoms with Gasteiger partial charge < -0.3 is 20.2 Å². The molecular weight excluding hydrogens is 242 g/mol. The minimum atomic E-state index is 0.379. The van der Waals surface area contributed by atoms with Crippen molar-refractivity contribution >= 4 is 0 Å². The molecule has 0 aliphatic rings. The van der Waals surface area contributed by atoms with Crippen molar-refractivity contribution in [3.05, 3.63) is 29.2 Å². The van der Waals surface area contributed by atoms with Crippen molar-refractivity contribution in [1.29, 1.82) is 0 Å². The highest BCUT2D eigenvalue weighted by molar-refractivity contribution is 5.72. The van der Waals surface area contributed by atoms with E-state index in [0.29, 0.717) is 6.54 Å². The maximum absolute atomic E-state index is 5.57. The smallest absolute Gasteiger partial charge is 0.131 e. The molecule has 0 aliphatic carbocycles. The van der Waals surface area contributed by atoms with Crippen molar-refractivity contribution in [2.45, 2.75) is 20.4 Å². The predicted octanol–water partition coefficient (Wildman–Crippen LogP) is 2.17. The summed E-state index contributed by atoms with van der Waals surface area (Å²) in [6, 6.07) is 1.95. The SMILES string of the molecule is COc1cc(-c2cnc(CN)[nH]2)c(OC)c(C)c1C. The number of methoxy groups -OCH3 is 2. The number of imidazole rings is 1. The van der Waals surface area contributed by atoms with E-state index in [-0.39, 0.29) is 0 Å². The van der Waals surface area contributed by atoms with E-state index < -0.39 is 0 Å². The maximum atomic E-state index is 5.57. The summed E-state index contributed by atoms with van der Waals surface area (Å²) in [5.41, 5.74) is 9.50. The van der Waals surface area contributed by atoms with Gasteiger partial charge in [0.25, 0.3) is 0 Å². The van der Waals surface area contributed by atoms with Gasteiger partial charge in [-0.1, -0.05) is 0 Å². The highest BCUT2D eigenvalue weighted by atomic mass is 16.5. The van der Waals surface area contributed by atoms with E-state index in [0.717, 1.165) is 39.7 Å². The van der Waals surface area contributed by atoms with Gasteiger partial charge in [0, 0.05) is 5.56 Å². The molecule has 1 aromatic heterocycles.